The molecule has 0 saturated carbocycles. The van der Waals surface area contributed by atoms with Crippen LogP contribution in [0.3, 0.4) is 0 Å². The molecule has 3 N–H and O–H groups in total. The smallest absolute Gasteiger partial charge is 0.240 e. The van der Waals surface area contributed by atoms with E-state index in [0.29, 0.717) is 12.0 Å². The summed E-state index contributed by atoms with van der Waals surface area (Å²) in [4.78, 5) is 0.234. The maximum Gasteiger partial charge on any atom is 0.240 e. The lowest BCUT2D eigenvalue weighted by Crippen LogP contribution is -2.34. The Morgan fingerprint density at radius 1 is 1.31 bits per heavy atom. The van der Waals surface area contributed by atoms with Gasteiger partial charge in [0.15, 0.2) is 0 Å². The van der Waals surface area contributed by atoms with Gasteiger partial charge < -0.3 is 10.5 Å². The molecule has 8 heteroatoms. The number of rotatable bonds is 8. The van der Waals surface area contributed by atoms with Crippen LogP contribution in [0.15, 0.2) is 47.4 Å². The summed E-state index contributed by atoms with van der Waals surface area (Å²) in [5.74, 6) is -0.401. The molecule has 2 rings (SSSR count). The van der Waals surface area contributed by atoms with Crippen molar-refractivity contribution < 1.29 is 17.5 Å². The van der Waals surface area contributed by atoms with Crippen molar-refractivity contribution in [1.29, 1.82) is 5.26 Å². The van der Waals surface area contributed by atoms with Gasteiger partial charge in [0.25, 0.3) is 0 Å². The summed E-state index contributed by atoms with van der Waals surface area (Å²) in [6.45, 7) is 1.98. The topological polar surface area (TPSA) is 105 Å². The molecule has 0 amide bonds. The first-order valence-corrected chi connectivity index (χ1v) is 9.45. The Kier molecular flexibility index (Phi) is 6.69. The van der Waals surface area contributed by atoms with Crippen LogP contribution in [0.1, 0.15) is 17.5 Å². The van der Waals surface area contributed by atoms with Crippen LogP contribution in [-0.4, -0.2) is 27.6 Å². The minimum Gasteiger partial charge on any atom is -0.492 e. The van der Waals surface area contributed by atoms with Gasteiger partial charge in [0.2, 0.25) is 10.0 Å². The Balaban J connectivity index is 1.82. The molecule has 0 aliphatic carbocycles. The van der Waals surface area contributed by atoms with Crippen molar-refractivity contribution in [3.05, 3.63) is 59.4 Å². The summed E-state index contributed by atoms with van der Waals surface area (Å²) >= 11 is 0. The fraction of sp³-hybridized carbons (Fsp3) is 0.278. The van der Waals surface area contributed by atoms with E-state index in [9.17, 15) is 12.8 Å². The Morgan fingerprint density at radius 2 is 2.04 bits per heavy atom. The summed E-state index contributed by atoms with van der Waals surface area (Å²) in [6, 6.07) is 11.9. The zero-order chi connectivity index (χ0) is 19.2. The fourth-order valence-corrected chi connectivity index (χ4v) is 3.57. The third-order valence-corrected chi connectivity index (χ3v) is 5.34. The lowest BCUT2D eigenvalue weighted by atomic mass is 10.2. The molecule has 0 aliphatic rings. The maximum atomic E-state index is 13.5. The van der Waals surface area contributed by atoms with E-state index in [2.05, 4.69) is 4.72 Å². The van der Waals surface area contributed by atoms with Crippen LogP contribution < -0.4 is 15.2 Å². The van der Waals surface area contributed by atoms with Crippen LogP contribution in [0, 0.1) is 24.1 Å². The van der Waals surface area contributed by atoms with Gasteiger partial charge in [-0.3, -0.25) is 0 Å². The molecule has 0 bridgehead atoms. The Morgan fingerprint density at radius 3 is 2.69 bits per heavy atom. The molecule has 6 nitrogen and oxygen atoms in total. The number of nitrogens with one attached hydrogen (secondary N) is 1. The van der Waals surface area contributed by atoms with Gasteiger partial charge >= 0.3 is 0 Å². The monoisotopic (exact) mass is 377 g/mol. The highest BCUT2D eigenvalue weighted by molar-refractivity contribution is 7.89. The molecule has 0 unspecified atom stereocenters. The van der Waals surface area contributed by atoms with Crippen molar-refractivity contribution in [2.24, 2.45) is 5.73 Å². The van der Waals surface area contributed by atoms with Gasteiger partial charge in [-0.1, -0.05) is 18.2 Å². The SMILES string of the molecule is Cc1ccccc1S(=O)(=O)NCC[C@H](N)COc1ccc(C#N)c(F)c1. The highest BCUT2D eigenvalue weighted by Gasteiger charge is 2.16. The second kappa shape index (κ2) is 8.76. The quantitative estimate of drug-likeness (QED) is 0.733. The number of nitrogens with two attached hydrogens (primary N) is 1. The van der Waals surface area contributed by atoms with Crippen molar-refractivity contribution in [3.63, 3.8) is 0 Å². The first-order valence-electron chi connectivity index (χ1n) is 7.97. The number of ether oxygens (including phenoxy) is 1. The van der Waals surface area contributed by atoms with Crippen molar-refractivity contribution in [2.45, 2.75) is 24.3 Å². The summed E-state index contributed by atoms with van der Waals surface area (Å²) in [5, 5.41) is 8.68. The summed E-state index contributed by atoms with van der Waals surface area (Å²) in [7, 11) is -3.59. The highest BCUT2D eigenvalue weighted by Crippen LogP contribution is 2.16. The number of hydrogen-bond donors (Lipinski definition) is 2. The summed E-state index contributed by atoms with van der Waals surface area (Å²) < 4.78 is 45.9. The third kappa shape index (κ3) is 5.26. The lowest BCUT2D eigenvalue weighted by Gasteiger charge is -2.14. The summed E-state index contributed by atoms with van der Waals surface area (Å²) in [6.07, 6.45) is 0.351. The van der Waals surface area contributed by atoms with Crippen molar-refractivity contribution >= 4 is 10.0 Å². The van der Waals surface area contributed by atoms with E-state index in [4.69, 9.17) is 15.7 Å². The van der Waals surface area contributed by atoms with E-state index in [0.717, 1.165) is 6.07 Å². The molecule has 0 spiro atoms. The lowest BCUT2D eigenvalue weighted by molar-refractivity contribution is 0.281. The molecular weight excluding hydrogens is 357 g/mol. The molecule has 0 fully saturated rings. The van der Waals surface area contributed by atoms with E-state index >= 15 is 0 Å². The molecule has 0 aromatic heterocycles. The molecule has 2 aromatic carbocycles. The number of benzene rings is 2. The number of halogens is 1. The van der Waals surface area contributed by atoms with Gasteiger partial charge in [-0.05, 0) is 37.1 Å². The van der Waals surface area contributed by atoms with Crippen LogP contribution in [0.4, 0.5) is 4.39 Å². The normalized spacial score (nSPS) is 12.4. The summed E-state index contributed by atoms with van der Waals surface area (Å²) in [5.41, 5.74) is 6.51. The van der Waals surface area contributed by atoms with E-state index in [1.807, 2.05) is 0 Å². The van der Waals surface area contributed by atoms with E-state index in [1.54, 1.807) is 37.3 Å². The Bertz CT molecular complexity index is 910. The largest absolute Gasteiger partial charge is 0.492 e. The molecule has 1 atom stereocenters. The van der Waals surface area contributed by atoms with Gasteiger partial charge in [0.1, 0.15) is 24.2 Å². The van der Waals surface area contributed by atoms with Crippen LogP contribution >= 0.6 is 0 Å². The van der Waals surface area contributed by atoms with E-state index < -0.39 is 21.9 Å². The Hall–Kier alpha value is -2.47. The number of aryl methyl sites for hydroxylation is 1. The standard InChI is InChI=1S/C18H20FN3O3S/c1-13-4-2-3-5-18(13)26(23,24)22-9-8-15(21)12-25-16-7-6-14(11-20)17(19)10-16/h2-7,10,15,22H,8-9,12,21H2,1H3/t15-/m0/s1. The minimum absolute atomic E-state index is 0.0627. The molecule has 138 valence electrons. The second-order valence-corrected chi connectivity index (χ2v) is 7.51. The first kappa shape index (κ1) is 19.8. The first-order chi connectivity index (χ1) is 12.3. The predicted molar refractivity (Wildman–Crippen MR) is 95.6 cm³/mol. The maximum absolute atomic E-state index is 13.5. The molecule has 0 saturated heterocycles. The van der Waals surface area contributed by atoms with Crippen molar-refractivity contribution in [3.8, 4) is 11.8 Å². The van der Waals surface area contributed by atoms with Gasteiger partial charge in [0.05, 0.1) is 10.5 Å². The molecule has 26 heavy (non-hydrogen) atoms. The fourth-order valence-electron chi connectivity index (χ4n) is 2.28. The van der Waals surface area contributed by atoms with Crippen LogP contribution in [-0.2, 0) is 10.0 Å². The second-order valence-electron chi connectivity index (χ2n) is 5.78. The highest BCUT2D eigenvalue weighted by atomic mass is 32.2. The van der Waals surface area contributed by atoms with Crippen LogP contribution in [0.5, 0.6) is 5.75 Å². The molecular formula is C18H20FN3O3S. The molecule has 0 radical (unpaired) electrons. The third-order valence-electron chi connectivity index (χ3n) is 3.72. The number of nitrogens with zero attached hydrogens (tertiary/aromatic N) is 1. The zero-order valence-electron chi connectivity index (χ0n) is 14.3. The van der Waals surface area contributed by atoms with Crippen LogP contribution in [0.2, 0.25) is 0 Å². The predicted octanol–water partition coefficient (Wildman–Crippen LogP) is 2.08. The Labute approximate surface area is 152 Å². The van der Waals surface area contributed by atoms with Gasteiger partial charge in [-0.15, -0.1) is 0 Å². The van der Waals surface area contributed by atoms with E-state index in [1.165, 1.54) is 12.1 Å². The van der Waals surface area contributed by atoms with Gasteiger partial charge in [-0.2, -0.15) is 5.26 Å². The number of nitriles is 1. The van der Waals surface area contributed by atoms with Crippen molar-refractivity contribution in [1.82, 2.24) is 4.72 Å². The van der Waals surface area contributed by atoms with Gasteiger partial charge in [-0.25, -0.2) is 17.5 Å². The average Bonchev–Trinajstić information content (AvgIpc) is 2.60. The van der Waals surface area contributed by atoms with Crippen molar-refractivity contribution in [2.75, 3.05) is 13.2 Å². The van der Waals surface area contributed by atoms with Crippen LogP contribution in [0.25, 0.3) is 0 Å². The van der Waals surface area contributed by atoms with E-state index in [-0.39, 0.29) is 29.4 Å². The molecule has 0 aliphatic heterocycles. The molecule has 2 aromatic rings. The average molecular weight is 377 g/mol. The number of sulfonamides is 1. The number of hydrogen-bond acceptors (Lipinski definition) is 5. The molecule has 0 heterocycles. The van der Waals surface area contributed by atoms with Gasteiger partial charge in [0, 0.05) is 18.7 Å². The minimum atomic E-state index is -3.59. The zero-order valence-corrected chi connectivity index (χ0v) is 15.1.